The van der Waals surface area contributed by atoms with Crippen molar-refractivity contribution in [3.63, 3.8) is 0 Å². The van der Waals surface area contributed by atoms with E-state index in [1.54, 1.807) is 12.4 Å². The summed E-state index contributed by atoms with van der Waals surface area (Å²) in [7, 11) is 0. The fourth-order valence-electron chi connectivity index (χ4n) is 1.87. The molecule has 3 aromatic rings. The number of pyridine rings is 1. The van der Waals surface area contributed by atoms with Gasteiger partial charge in [0.15, 0.2) is 0 Å². The van der Waals surface area contributed by atoms with Gasteiger partial charge in [-0.25, -0.2) is 9.78 Å². The van der Waals surface area contributed by atoms with E-state index in [1.165, 1.54) is 6.07 Å². The molecule has 2 aromatic heterocycles. The molecule has 94 valence electrons. The molecule has 2 heterocycles. The number of aromatic hydroxyl groups is 1. The van der Waals surface area contributed by atoms with Gasteiger partial charge in [-0.2, -0.15) is 0 Å². The summed E-state index contributed by atoms with van der Waals surface area (Å²) in [5.74, 6) is -1.54. The largest absolute Gasteiger partial charge is 0.505 e. The third-order valence-corrected chi connectivity index (χ3v) is 2.83. The third-order valence-electron chi connectivity index (χ3n) is 2.83. The lowest BCUT2D eigenvalue weighted by Crippen LogP contribution is -1.98. The summed E-state index contributed by atoms with van der Waals surface area (Å²) in [5, 5.41) is 18.4. The molecule has 0 aliphatic carbocycles. The molecule has 0 aliphatic heterocycles. The normalized spacial score (nSPS) is 10.7. The number of carboxylic acid groups (broad SMARTS) is 1. The lowest BCUT2D eigenvalue weighted by atomic mass is 10.1. The van der Waals surface area contributed by atoms with Gasteiger partial charge >= 0.3 is 5.97 Å². The molecule has 6 heteroatoms. The Hall–Kier alpha value is -2.89. The van der Waals surface area contributed by atoms with E-state index in [-0.39, 0.29) is 11.3 Å². The van der Waals surface area contributed by atoms with Crippen molar-refractivity contribution in [2.24, 2.45) is 0 Å². The van der Waals surface area contributed by atoms with Gasteiger partial charge in [0.1, 0.15) is 11.3 Å². The predicted octanol–water partition coefficient (Wildman–Crippen LogP) is 2.03. The smallest absolute Gasteiger partial charge is 0.339 e. The first-order chi connectivity index (χ1) is 9.15. The molecule has 0 fully saturated rings. The Morgan fingerprint density at radius 1 is 1.21 bits per heavy atom. The Kier molecular flexibility index (Phi) is 2.42. The van der Waals surface area contributed by atoms with Gasteiger partial charge in [0.05, 0.1) is 29.3 Å². The van der Waals surface area contributed by atoms with Crippen molar-refractivity contribution >= 4 is 17.0 Å². The maximum absolute atomic E-state index is 11.0. The fraction of sp³-hybridized carbons (Fsp3) is 0. The molecule has 19 heavy (non-hydrogen) atoms. The van der Waals surface area contributed by atoms with Crippen LogP contribution in [0, 0.1) is 0 Å². The highest BCUT2D eigenvalue weighted by molar-refractivity contribution is 5.92. The predicted molar refractivity (Wildman–Crippen MR) is 67.9 cm³/mol. The SMILES string of the molecule is O=C(O)c1cc(-c2ccc3nc[nH]c3c2)ncc1O. The molecule has 3 rings (SSSR count). The minimum absolute atomic E-state index is 0.172. The van der Waals surface area contributed by atoms with E-state index in [0.29, 0.717) is 5.69 Å². The molecule has 0 unspecified atom stereocenters. The highest BCUT2D eigenvalue weighted by atomic mass is 16.4. The number of benzene rings is 1. The molecule has 1 aromatic carbocycles. The second-order valence-electron chi connectivity index (χ2n) is 4.03. The number of aromatic amines is 1. The van der Waals surface area contributed by atoms with Crippen molar-refractivity contribution in [3.05, 3.63) is 42.4 Å². The van der Waals surface area contributed by atoms with E-state index in [9.17, 15) is 9.90 Å². The number of aromatic carboxylic acids is 1. The van der Waals surface area contributed by atoms with Crippen molar-refractivity contribution < 1.29 is 15.0 Å². The molecule has 0 aliphatic rings. The zero-order valence-electron chi connectivity index (χ0n) is 9.66. The zero-order valence-corrected chi connectivity index (χ0v) is 9.66. The van der Waals surface area contributed by atoms with Crippen molar-refractivity contribution in [2.75, 3.05) is 0 Å². The summed E-state index contributed by atoms with van der Waals surface area (Å²) in [6, 6.07) is 6.78. The second kappa shape index (κ2) is 4.09. The minimum Gasteiger partial charge on any atom is -0.505 e. The van der Waals surface area contributed by atoms with E-state index in [1.807, 2.05) is 12.1 Å². The van der Waals surface area contributed by atoms with Crippen LogP contribution in [-0.2, 0) is 0 Å². The van der Waals surface area contributed by atoms with Crippen LogP contribution in [0.5, 0.6) is 5.75 Å². The molecular weight excluding hydrogens is 246 g/mol. The summed E-state index contributed by atoms with van der Waals surface area (Å²) >= 11 is 0. The fourth-order valence-corrected chi connectivity index (χ4v) is 1.87. The molecule has 0 atom stereocenters. The first-order valence-corrected chi connectivity index (χ1v) is 5.51. The Bertz CT molecular complexity index is 780. The Morgan fingerprint density at radius 3 is 2.84 bits per heavy atom. The van der Waals surface area contributed by atoms with Crippen LogP contribution in [-0.4, -0.2) is 31.1 Å². The third kappa shape index (κ3) is 1.89. The molecule has 0 spiro atoms. The number of carbonyl (C=O) groups is 1. The molecule has 0 saturated carbocycles. The Labute approximate surface area is 107 Å². The van der Waals surface area contributed by atoms with Gasteiger partial charge in [-0.05, 0) is 18.2 Å². The number of fused-ring (bicyclic) bond motifs is 1. The second-order valence-corrected chi connectivity index (χ2v) is 4.03. The molecule has 0 radical (unpaired) electrons. The lowest BCUT2D eigenvalue weighted by molar-refractivity contribution is 0.0693. The van der Waals surface area contributed by atoms with Gasteiger partial charge in [-0.15, -0.1) is 0 Å². The molecule has 3 N–H and O–H groups in total. The van der Waals surface area contributed by atoms with Crippen molar-refractivity contribution in [1.82, 2.24) is 15.0 Å². The monoisotopic (exact) mass is 255 g/mol. The van der Waals surface area contributed by atoms with Gasteiger partial charge in [0.2, 0.25) is 0 Å². The van der Waals surface area contributed by atoms with Crippen LogP contribution < -0.4 is 0 Å². The standard InChI is InChI=1S/C13H9N3O3/c17-12-5-14-10(4-8(12)13(18)19)7-1-2-9-11(3-7)16-6-15-9/h1-6,17H,(H,15,16)(H,18,19). The van der Waals surface area contributed by atoms with E-state index in [0.717, 1.165) is 22.8 Å². The van der Waals surface area contributed by atoms with Crippen LogP contribution in [0.2, 0.25) is 0 Å². The number of nitrogens with zero attached hydrogens (tertiary/aromatic N) is 2. The van der Waals surface area contributed by atoms with Crippen LogP contribution in [0.4, 0.5) is 0 Å². The van der Waals surface area contributed by atoms with Crippen LogP contribution in [0.1, 0.15) is 10.4 Å². The van der Waals surface area contributed by atoms with Crippen LogP contribution in [0.3, 0.4) is 0 Å². The average molecular weight is 255 g/mol. The highest BCUT2D eigenvalue weighted by Gasteiger charge is 2.12. The van der Waals surface area contributed by atoms with Gasteiger partial charge < -0.3 is 15.2 Å². The first-order valence-electron chi connectivity index (χ1n) is 5.51. The Balaban J connectivity index is 2.15. The summed E-state index contributed by atoms with van der Waals surface area (Å²) in [4.78, 5) is 22.1. The number of hydrogen-bond acceptors (Lipinski definition) is 4. The number of rotatable bonds is 2. The van der Waals surface area contributed by atoms with Gasteiger partial charge in [-0.1, -0.05) is 6.07 Å². The first kappa shape index (κ1) is 11.2. The quantitative estimate of drug-likeness (QED) is 0.650. The molecule has 0 saturated heterocycles. The number of imidazole rings is 1. The molecule has 0 bridgehead atoms. The maximum Gasteiger partial charge on any atom is 0.339 e. The molecule has 0 amide bonds. The van der Waals surface area contributed by atoms with Crippen molar-refractivity contribution in [2.45, 2.75) is 0 Å². The van der Waals surface area contributed by atoms with Gasteiger partial charge in [-0.3, -0.25) is 4.98 Å². The van der Waals surface area contributed by atoms with Crippen LogP contribution in [0.25, 0.3) is 22.3 Å². The number of carboxylic acids is 1. The summed E-state index contributed by atoms with van der Waals surface area (Å²) in [5.41, 5.74) is 2.71. The van der Waals surface area contributed by atoms with Gasteiger partial charge in [0, 0.05) is 5.56 Å². The van der Waals surface area contributed by atoms with Crippen LogP contribution >= 0.6 is 0 Å². The maximum atomic E-state index is 11.0. The summed E-state index contributed by atoms with van der Waals surface area (Å²) in [6.07, 6.45) is 2.72. The number of aromatic nitrogens is 3. The minimum atomic E-state index is -1.19. The summed E-state index contributed by atoms with van der Waals surface area (Å²) in [6.45, 7) is 0. The van der Waals surface area contributed by atoms with Crippen LogP contribution in [0.15, 0.2) is 36.8 Å². The number of nitrogens with one attached hydrogen (secondary N) is 1. The Morgan fingerprint density at radius 2 is 2.05 bits per heavy atom. The molecule has 6 nitrogen and oxygen atoms in total. The highest BCUT2D eigenvalue weighted by Crippen LogP contribution is 2.25. The summed E-state index contributed by atoms with van der Waals surface area (Å²) < 4.78 is 0. The van der Waals surface area contributed by atoms with E-state index >= 15 is 0 Å². The van der Waals surface area contributed by atoms with E-state index in [2.05, 4.69) is 15.0 Å². The lowest BCUT2D eigenvalue weighted by Gasteiger charge is -2.04. The number of H-pyrrole nitrogens is 1. The average Bonchev–Trinajstić information content (AvgIpc) is 2.86. The van der Waals surface area contributed by atoms with Crippen molar-refractivity contribution in [1.29, 1.82) is 0 Å². The number of hydrogen-bond donors (Lipinski definition) is 3. The molecular formula is C13H9N3O3. The van der Waals surface area contributed by atoms with Crippen molar-refractivity contribution in [3.8, 4) is 17.0 Å². The van der Waals surface area contributed by atoms with Gasteiger partial charge in [0.25, 0.3) is 0 Å². The topological polar surface area (TPSA) is 99.1 Å². The zero-order chi connectivity index (χ0) is 13.4. The van der Waals surface area contributed by atoms with E-state index < -0.39 is 5.97 Å². The van der Waals surface area contributed by atoms with E-state index in [4.69, 9.17) is 5.11 Å².